The number of halogens is 4. The van der Waals surface area contributed by atoms with E-state index in [-0.39, 0.29) is 11.0 Å². The predicted molar refractivity (Wildman–Crippen MR) is 82.8 cm³/mol. The molecule has 9 heteroatoms. The van der Waals surface area contributed by atoms with Crippen LogP contribution in [0.25, 0.3) is 22.3 Å². The van der Waals surface area contributed by atoms with Crippen LogP contribution in [0.15, 0.2) is 23.0 Å². The van der Waals surface area contributed by atoms with E-state index in [1.807, 2.05) is 0 Å². The van der Waals surface area contributed by atoms with Gasteiger partial charge in [-0.15, -0.1) is 0 Å². The molecule has 0 bridgehead atoms. The molecule has 0 saturated heterocycles. The molecule has 5 nitrogen and oxygen atoms in total. The number of rotatable bonds is 2. The van der Waals surface area contributed by atoms with Crippen LogP contribution in [0.2, 0.25) is 0 Å². The molecular weight excluding hydrogens is 342 g/mol. The number of hydrogen-bond acceptors (Lipinski definition) is 3. The fraction of sp³-hybridized carbons (Fsp3) is 0.250. The van der Waals surface area contributed by atoms with Crippen LogP contribution >= 0.6 is 0 Å². The number of nitrogens with zero attached hydrogens (tertiary/aromatic N) is 2. The van der Waals surface area contributed by atoms with E-state index in [9.17, 15) is 27.5 Å². The van der Waals surface area contributed by atoms with Gasteiger partial charge in [0, 0.05) is 12.6 Å². The Bertz CT molecular complexity index is 1030. The van der Waals surface area contributed by atoms with Crippen molar-refractivity contribution in [1.82, 2.24) is 14.8 Å². The van der Waals surface area contributed by atoms with Gasteiger partial charge in [0.05, 0.1) is 22.3 Å². The summed E-state index contributed by atoms with van der Waals surface area (Å²) in [6.07, 6.45) is -4.49. The van der Waals surface area contributed by atoms with Crippen LogP contribution in [-0.2, 0) is 19.6 Å². The lowest BCUT2D eigenvalue weighted by Gasteiger charge is -2.12. The molecule has 0 amide bonds. The average Bonchev–Trinajstić information content (AvgIpc) is 2.86. The van der Waals surface area contributed by atoms with E-state index >= 15 is 0 Å². The SMILES string of the molecule is CCc1nn(C)c2[nH]c(-c3cccc(C(F)(F)F)c3F)c(O)c(=O)c12. The Kier molecular flexibility index (Phi) is 3.81. The summed E-state index contributed by atoms with van der Waals surface area (Å²) in [5, 5.41) is 14.4. The number of aromatic amines is 1. The van der Waals surface area contributed by atoms with E-state index in [2.05, 4.69) is 10.1 Å². The first-order valence-corrected chi connectivity index (χ1v) is 7.33. The summed E-state index contributed by atoms with van der Waals surface area (Å²) >= 11 is 0. The highest BCUT2D eigenvalue weighted by molar-refractivity contribution is 5.84. The minimum absolute atomic E-state index is 0.124. The highest BCUT2D eigenvalue weighted by Gasteiger charge is 2.35. The Morgan fingerprint density at radius 3 is 2.60 bits per heavy atom. The van der Waals surface area contributed by atoms with Crippen LogP contribution in [0, 0.1) is 5.82 Å². The molecule has 0 radical (unpaired) electrons. The molecule has 0 atom stereocenters. The molecule has 1 aromatic carbocycles. The second-order valence-electron chi connectivity index (χ2n) is 5.49. The smallest absolute Gasteiger partial charge is 0.419 e. The summed E-state index contributed by atoms with van der Waals surface area (Å²) in [5.41, 5.74) is -2.66. The zero-order valence-corrected chi connectivity index (χ0v) is 13.2. The summed E-state index contributed by atoms with van der Waals surface area (Å²) in [6, 6.07) is 2.65. The van der Waals surface area contributed by atoms with Crippen molar-refractivity contribution in [1.29, 1.82) is 0 Å². The standard InChI is InChI=1S/C16H13F4N3O2/c1-3-9-10-13(24)14(25)12(21-15(10)23(2)22-9)7-5-4-6-8(11(7)17)16(18,19)20/h4-6,25H,3H2,1-2H3,(H,21,24). The van der Waals surface area contributed by atoms with Gasteiger partial charge in [0.15, 0.2) is 5.75 Å². The zero-order chi connectivity index (χ0) is 18.5. The molecule has 25 heavy (non-hydrogen) atoms. The Labute approximate surface area is 138 Å². The Balaban J connectivity index is 2.37. The predicted octanol–water partition coefficient (Wildman–Crippen LogP) is 3.35. The van der Waals surface area contributed by atoms with E-state index in [4.69, 9.17) is 0 Å². The number of hydrogen-bond donors (Lipinski definition) is 2. The third-order valence-electron chi connectivity index (χ3n) is 3.95. The number of pyridine rings is 1. The van der Waals surface area contributed by atoms with Crippen LogP contribution in [-0.4, -0.2) is 19.9 Å². The van der Waals surface area contributed by atoms with Crippen molar-refractivity contribution in [2.24, 2.45) is 7.05 Å². The number of fused-ring (bicyclic) bond motifs is 1. The van der Waals surface area contributed by atoms with Crippen LogP contribution in [0.1, 0.15) is 18.2 Å². The lowest BCUT2D eigenvalue weighted by molar-refractivity contribution is -0.139. The maximum atomic E-state index is 14.4. The van der Waals surface area contributed by atoms with Gasteiger partial charge >= 0.3 is 6.18 Å². The summed E-state index contributed by atoms with van der Waals surface area (Å²) in [5.74, 6) is -2.42. The Morgan fingerprint density at radius 1 is 1.32 bits per heavy atom. The van der Waals surface area contributed by atoms with Crippen LogP contribution in [0.5, 0.6) is 5.75 Å². The molecule has 0 fully saturated rings. The topological polar surface area (TPSA) is 70.9 Å². The van der Waals surface area contributed by atoms with Crippen molar-refractivity contribution in [2.75, 3.05) is 0 Å². The van der Waals surface area contributed by atoms with Crippen molar-refractivity contribution in [3.05, 3.63) is 45.5 Å². The first-order chi connectivity index (χ1) is 11.7. The number of alkyl halides is 3. The highest BCUT2D eigenvalue weighted by atomic mass is 19.4. The van der Waals surface area contributed by atoms with Crippen LogP contribution < -0.4 is 5.43 Å². The third kappa shape index (κ3) is 2.55. The fourth-order valence-corrected chi connectivity index (χ4v) is 2.76. The van der Waals surface area contributed by atoms with Gasteiger partial charge in [-0.2, -0.15) is 18.3 Å². The first kappa shape index (κ1) is 17.0. The molecule has 2 N–H and O–H groups in total. The molecule has 0 aliphatic rings. The molecule has 0 saturated carbocycles. The fourth-order valence-electron chi connectivity index (χ4n) is 2.76. The molecule has 0 spiro atoms. The van der Waals surface area contributed by atoms with Crippen molar-refractivity contribution in [3.63, 3.8) is 0 Å². The zero-order valence-electron chi connectivity index (χ0n) is 13.2. The largest absolute Gasteiger partial charge is 0.503 e. The van der Waals surface area contributed by atoms with Crippen molar-refractivity contribution >= 4 is 11.0 Å². The van der Waals surface area contributed by atoms with E-state index in [1.54, 1.807) is 6.92 Å². The highest BCUT2D eigenvalue weighted by Crippen LogP contribution is 2.37. The number of H-pyrrole nitrogens is 1. The van der Waals surface area contributed by atoms with Gasteiger partial charge < -0.3 is 10.1 Å². The van der Waals surface area contributed by atoms with E-state index in [1.165, 1.54) is 11.7 Å². The minimum Gasteiger partial charge on any atom is -0.503 e. The minimum atomic E-state index is -4.90. The summed E-state index contributed by atoms with van der Waals surface area (Å²) in [4.78, 5) is 15.1. The summed E-state index contributed by atoms with van der Waals surface area (Å²) in [6.45, 7) is 1.76. The number of aryl methyl sites for hydroxylation is 2. The van der Waals surface area contributed by atoms with Crippen molar-refractivity contribution in [3.8, 4) is 17.0 Å². The lowest BCUT2D eigenvalue weighted by atomic mass is 10.0. The van der Waals surface area contributed by atoms with Gasteiger partial charge in [-0.25, -0.2) is 4.39 Å². The van der Waals surface area contributed by atoms with Crippen molar-refractivity contribution in [2.45, 2.75) is 19.5 Å². The molecule has 2 aromatic heterocycles. The van der Waals surface area contributed by atoms with Gasteiger partial charge in [0.1, 0.15) is 11.5 Å². The van der Waals surface area contributed by atoms with Gasteiger partial charge in [0.2, 0.25) is 5.43 Å². The van der Waals surface area contributed by atoms with Gasteiger partial charge in [-0.1, -0.05) is 13.0 Å². The van der Waals surface area contributed by atoms with E-state index in [0.29, 0.717) is 18.2 Å². The van der Waals surface area contributed by atoms with Gasteiger partial charge in [0.25, 0.3) is 0 Å². The quantitative estimate of drug-likeness (QED) is 0.693. The number of benzene rings is 1. The maximum absolute atomic E-state index is 14.4. The number of aromatic nitrogens is 3. The summed E-state index contributed by atoms with van der Waals surface area (Å²) < 4.78 is 54.4. The second-order valence-corrected chi connectivity index (χ2v) is 5.49. The number of aromatic hydroxyl groups is 1. The Hall–Kier alpha value is -2.84. The molecule has 0 unspecified atom stereocenters. The Morgan fingerprint density at radius 2 is 2.00 bits per heavy atom. The molecule has 0 aliphatic carbocycles. The van der Waals surface area contributed by atoms with Crippen LogP contribution in [0.4, 0.5) is 17.6 Å². The molecule has 3 rings (SSSR count). The molecule has 0 aliphatic heterocycles. The normalized spacial score (nSPS) is 12.1. The van der Waals surface area contributed by atoms with Gasteiger partial charge in [-0.3, -0.25) is 9.48 Å². The van der Waals surface area contributed by atoms with Crippen molar-refractivity contribution < 1.29 is 22.7 Å². The maximum Gasteiger partial charge on any atom is 0.419 e. The van der Waals surface area contributed by atoms with E-state index in [0.717, 1.165) is 12.1 Å². The van der Waals surface area contributed by atoms with Crippen LogP contribution in [0.3, 0.4) is 0 Å². The second kappa shape index (κ2) is 5.61. The molecule has 132 valence electrons. The monoisotopic (exact) mass is 355 g/mol. The lowest BCUT2D eigenvalue weighted by Crippen LogP contribution is -2.11. The summed E-state index contributed by atoms with van der Waals surface area (Å²) in [7, 11) is 1.53. The van der Waals surface area contributed by atoms with Gasteiger partial charge in [-0.05, 0) is 18.6 Å². The molecular formula is C16H13F4N3O2. The molecule has 2 heterocycles. The number of nitrogens with one attached hydrogen (secondary N) is 1. The van der Waals surface area contributed by atoms with E-state index < -0.39 is 40.0 Å². The third-order valence-corrected chi connectivity index (χ3v) is 3.95. The molecule has 3 aromatic rings. The average molecular weight is 355 g/mol. The first-order valence-electron chi connectivity index (χ1n) is 7.33.